The second kappa shape index (κ2) is 9.76. The molecule has 1 aromatic heterocycles. The highest BCUT2D eigenvalue weighted by Crippen LogP contribution is 2.36. The minimum absolute atomic E-state index is 0.0547. The van der Waals surface area contributed by atoms with Crippen LogP contribution in [0.5, 0.6) is 5.75 Å². The summed E-state index contributed by atoms with van der Waals surface area (Å²) in [6.45, 7) is 4.29. The Kier molecular flexibility index (Phi) is 6.51. The van der Waals surface area contributed by atoms with Gasteiger partial charge >= 0.3 is 0 Å². The van der Waals surface area contributed by atoms with Crippen molar-refractivity contribution in [1.29, 1.82) is 0 Å². The number of carbonyl (C=O) groups excluding carboxylic acids is 2. The first-order valence-corrected chi connectivity index (χ1v) is 12.6. The fourth-order valence-corrected chi connectivity index (χ4v) is 5.21. The second-order valence-corrected chi connectivity index (χ2v) is 9.70. The van der Waals surface area contributed by atoms with Gasteiger partial charge in [-0.25, -0.2) is 4.39 Å². The Morgan fingerprint density at radius 2 is 1.86 bits per heavy atom. The molecule has 5 rings (SSSR count). The van der Waals surface area contributed by atoms with E-state index in [0.717, 1.165) is 43.4 Å². The molecular weight excluding hydrogens is 459 g/mol. The highest BCUT2D eigenvalue weighted by atomic mass is 19.1. The van der Waals surface area contributed by atoms with Gasteiger partial charge < -0.3 is 10.1 Å². The maximum atomic E-state index is 15.0. The van der Waals surface area contributed by atoms with Gasteiger partial charge in [-0.1, -0.05) is 31.4 Å². The standard InChI is InChI=1S/C28H31FN4O3/c1-3-36-21-15-13-19(14-16-21)23-17-25-26(34)33(24-12-8-7-11-22(24)29)28(2,18-32(25)31-23)27(35)30-20-9-5-4-6-10-20/h7-8,11-17,20H,3-6,9-10,18H2,1-2H3,(H,30,35)/t28-/m1/s1. The minimum Gasteiger partial charge on any atom is -0.494 e. The fourth-order valence-electron chi connectivity index (χ4n) is 5.21. The molecule has 1 saturated carbocycles. The van der Waals surface area contributed by atoms with E-state index in [4.69, 9.17) is 4.74 Å². The normalized spacial score (nSPS) is 20.2. The van der Waals surface area contributed by atoms with Crippen LogP contribution in [-0.4, -0.2) is 39.8 Å². The van der Waals surface area contributed by atoms with Gasteiger partial charge in [-0.05, 0) is 69.2 Å². The zero-order valence-corrected chi connectivity index (χ0v) is 20.7. The predicted molar refractivity (Wildman–Crippen MR) is 135 cm³/mol. The molecule has 0 saturated heterocycles. The first-order chi connectivity index (χ1) is 17.4. The number of para-hydroxylation sites is 1. The van der Waals surface area contributed by atoms with Crippen molar-refractivity contribution in [3.8, 4) is 17.0 Å². The summed E-state index contributed by atoms with van der Waals surface area (Å²) in [4.78, 5) is 28.9. The third kappa shape index (κ3) is 4.36. The van der Waals surface area contributed by atoms with Crippen LogP contribution in [0.1, 0.15) is 56.4 Å². The molecule has 0 bridgehead atoms. The zero-order chi connectivity index (χ0) is 25.3. The van der Waals surface area contributed by atoms with E-state index in [-0.39, 0.29) is 24.2 Å². The number of benzene rings is 2. The number of fused-ring (bicyclic) bond motifs is 1. The van der Waals surface area contributed by atoms with Gasteiger partial charge in [0.05, 0.1) is 24.5 Å². The van der Waals surface area contributed by atoms with Gasteiger partial charge in [0.25, 0.3) is 5.91 Å². The van der Waals surface area contributed by atoms with E-state index in [1.807, 2.05) is 31.2 Å². The van der Waals surface area contributed by atoms with E-state index < -0.39 is 17.3 Å². The molecule has 2 heterocycles. The Hall–Kier alpha value is -3.68. The molecule has 0 unspecified atom stereocenters. The molecule has 7 nitrogen and oxygen atoms in total. The quantitative estimate of drug-likeness (QED) is 0.530. The molecule has 8 heteroatoms. The largest absolute Gasteiger partial charge is 0.494 e. The first-order valence-electron chi connectivity index (χ1n) is 12.6. The molecule has 1 aliphatic carbocycles. The molecule has 1 fully saturated rings. The van der Waals surface area contributed by atoms with Gasteiger partial charge in [0, 0.05) is 11.6 Å². The van der Waals surface area contributed by atoms with Crippen LogP contribution < -0.4 is 15.0 Å². The summed E-state index contributed by atoms with van der Waals surface area (Å²) in [5.41, 5.74) is 0.459. The molecule has 1 aliphatic heterocycles. The molecule has 188 valence electrons. The molecule has 0 radical (unpaired) electrons. The van der Waals surface area contributed by atoms with Gasteiger partial charge in [0.1, 0.15) is 22.8 Å². The molecule has 2 amide bonds. The molecular formula is C28H31FN4O3. The second-order valence-electron chi connectivity index (χ2n) is 9.70. The first kappa shape index (κ1) is 24.0. The molecule has 2 aliphatic rings. The van der Waals surface area contributed by atoms with Crippen molar-refractivity contribution in [2.75, 3.05) is 11.5 Å². The summed E-state index contributed by atoms with van der Waals surface area (Å²) in [6.07, 6.45) is 5.10. The lowest BCUT2D eigenvalue weighted by atomic mass is 9.91. The summed E-state index contributed by atoms with van der Waals surface area (Å²) < 4.78 is 22.1. The van der Waals surface area contributed by atoms with Crippen molar-refractivity contribution >= 4 is 17.5 Å². The van der Waals surface area contributed by atoms with Crippen molar-refractivity contribution in [3.05, 3.63) is 66.1 Å². The van der Waals surface area contributed by atoms with Crippen LogP contribution in [0.25, 0.3) is 11.3 Å². The molecule has 0 spiro atoms. The third-order valence-corrected chi connectivity index (χ3v) is 7.14. The molecule has 1 N–H and O–H groups in total. The number of hydrogen-bond donors (Lipinski definition) is 1. The van der Waals surface area contributed by atoms with Crippen molar-refractivity contribution in [2.24, 2.45) is 0 Å². The van der Waals surface area contributed by atoms with Crippen LogP contribution in [0.2, 0.25) is 0 Å². The molecule has 1 atom stereocenters. The lowest BCUT2D eigenvalue weighted by molar-refractivity contribution is -0.127. The highest BCUT2D eigenvalue weighted by Gasteiger charge is 2.50. The predicted octanol–water partition coefficient (Wildman–Crippen LogP) is 4.96. The monoisotopic (exact) mass is 490 g/mol. The Balaban J connectivity index is 1.53. The Morgan fingerprint density at radius 1 is 1.14 bits per heavy atom. The smallest absolute Gasteiger partial charge is 0.277 e. The number of halogens is 1. The molecule has 3 aromatic rings. The summed E-state index contributed by atoms with van der Waals surface area (Å²) in [6, 6.07) is 15.3. The van der Waals surface area contributed by atoms with Gasteiger partial charge in [-0.2, -0.15) is 5.10 Å². The third-order valence-electron chi connectivity index (χ3n) is 7.14. The number of rotatable bonds is 6. The highest BCUT2D eigenvalue weighted by molar-refractivity contribution is 6.12. The van der Waals surface area contributed by atoms with Crippen molar-refractivity contribution in [3.63, 3.8) is 0 Å². The van der Waals surface area contributed by atoms with Crippen LogP contribution in [-0.2, 0) is 11.3 Å². The number of nitrogens with one attached hydrogen (secondary N) is 1. The van der Waals surface area contributed by atoms with Crippen LogP contribution in [0, 0.1) is 5.82 Å². The van der Waals surface area contributed by atoms with Crippen LogP contribution in [0.15, 0.2) is 54.6 Å². The maximum absolute atomic E-state index is 15.0. The summed E-state index contributed by atoms with van der Waals surface area (Å²) in [5, 5.41) is 7.82. The van der Waals surface area contributed by atoms with E-state index >= 15 is 0 Å². The number of hydrogen-bond acceptors (Lipinski definition) is 4. The average Bonchev–Trinajstić information content (AvgIpc) is 3.30. The maximum Gasteiger partial charge on any atom is 0.277 e. The van der Waals surface area contributed by atoms with E-state index in [0.29, 0.717) is 18.0 Å². The average molecular weight is 491 g/mol. The summed E-state index contributed by atoms with van der Waals surface area (Å²) in [5.74, 6) is -0.562. The van der Waals surface area contributed by atoms with E-state index in [9.17, 15) is 14.0 Å². The number of ether oxygens (including phenoxy) is 1. The van der Waals surface area contributed by atoms with E-state index in [1.54, 1.807) is 35.9 Å². The minimum atomic E-state index is -1.36. The van der Waals surface area contributed by atoms with Crippen LogP contribution in [0.4, 0.5) is 10.1 Å². The summed E-state index contributed by atoms with van der Waals surface area (Å²) >= 11 is 0. The van der Waals surface area contributed by atoms with Crippen LogP contribution in [0.3, 0.4) is 0 Å². The van der Waals surface area contributed by atoms with Gasteiger partial charge in [0.2, 0.25) is 5.91 Å². The Bertz CT molecular complexity index is 1270. The number of nitrogens with zero attached hydrogens (tertiary/aromatic N) is 3. The van der Waals surface area contributed by atoms with E-state index in [2.05, 4.69) is 10.4 Å². The molecule has 36 heavy (non-hydrogen) atoms. The summed E-state index contributed by atoms with van der Waals surface area (Å²) in [7, 11) is 0. The van der Waals surface area contributed by atoms with Gasteiger partial charge in [0.15, 0.2) is 0 Å². The van der Waals surface area contributed by atoms with Gasteiger partial charge in [-0.15, -0.1) is 0 Å². The topological polar surface area (TPSA) is 76.5 Å². The van der Waals surface area contributed by atoms with Crippen LogP contribution >= 0.6 is 0 Å². The number of amides is 2. The Morgan fingerprint density at radius 3 is 2.56 bits per heavy atom. The van der Waals surface area contributed by atoms with Crippen molar-refractivity contribution < 1.29 is 18.7 Å². The van der Waals surface area contributed by atoms with E-state index in [1.165, 1.54) is 11.0 Å². The lowest BCUT2D eigenvalue weighted by Crippen LogP contribution is -2.65. The lowest BCUT2D eigenvalue weighted by Gasteiger charge is -2.44. The van der Waals surface area contributed by atoms with Crippen molar-refractivity contribution in [2.45, 2.75) is 64.1 Å². The Labute approximate surface area is 210 Å². The van der Waals surface area contributed by atoms with Gasteiger partial charge in [-0.3, -0.25) is 19.2 Å². The number of aromatic nitrogens is 2. The number of carbonyl (C=O) groups is 2. The molecule has 2 aromatic carbocycles. The number of anilines is 1. The SMILES string of the molecule is CCOc1ccc(-c2cc3n(n2)C[C@](C)(C(=O)NC2CCCCC2)N(c2ccccc2F)C3=O)cc1. The zero-order valence-electron chi connectivity index (χ0n) is 20.7. The van der Waals surface area contributed by atoms with Crippen molar-refractivity contribution in [1.82, 2.24) is 15.1 Å². The fraction of sp³-hybridized carbons (Fsp3) is 0.393.